The molecule has 148 valence electrons. The van der Waals surface area contributed by atoms with E-state index in [2.05, 4.69) is 60.7 Å². The minimum Gasteiger partial charge on any atom is -0.374 e. The van der Waals surface area contributed by atoms with Gasteiger partial charge in [0.1, 0.15) is 11.7 Å². The molecule has 8 heteroatoms. The van der Waals surface area contributed by atoms with Gasteiger partial charge in [0, 0.05) is 12.8 Å². The van der Waals surface area contributed by atoms with Gasteiger partial charge in [0.05, 0.1) is 36.1 Å². The third-order valence-corrected chi connectivity index (χ3v) is 5.30. The highest BCUT2D eigenvalue weighted by atomic mass is 16.5. The first-order valence-corrected chi connectivity index (χ1v) is 9.91. The number of aliphatic imine (C=N–C) groups is 1. The summed E-state index contributed by atoms with van der Waals surface area (Å²) in [5.74, 6) is 2.09. The van der Waals surface area contributed by atoms with E-state index in [1.807, 2.05) is 12.1 Å². The van der Waals surface area contributed by atoms with Crippen molar-refractivity contribution in [3.63, 3.8) is 0 Å². The van der Waals surface area contributed by atoms with Crippen molar-refractivity contribution in [2.75, 3.05) is 23.8 Å². The van der Waals surface area contributed by atoms with E-state index in [4.69, 9.17) is 4.74 Å². The van der Waals surface area contributed by atoms with Crippen LogP contribution in [-0.2, 0) is 4.74 Å². The Morgan fingerprint density at radius 1 is 1.24 bits per heavy atom. The van der Waals surface area contributed by atoms with E-state index in [0.29, 0.717) is 18.3 Å². The van der Waals surface area contributed by atoms with Gasteiger partial charge in [-0.25, -0.2) is 9.97 Å². The van der Waals surface area contributed by atoms with Gasteiger partial charge in [0.25, 0.3) is 0 Å². The molecule has 1 aromatic carbocycles. The Morgan fingerprint density at radius 2 is 2.21 bits per heavy atom. The summed E-state index contributed by atoms with van der Waals surface area (Å²) in [6.07, 6.45) is 7.94. The van der Waals surface area contributed by atoms with Crippen LogP contribution in [-0.4, -0.2) is 45.0 Å². The van der Waals surface area contributed by atoms with Gasteiger partial charge in [0.2, 0.25) is 5.95 Å². The maximum Gasteiger partial charge on any atom is 0.225 e. The van der Waals surface area contributed by atoms with Crippen LogP contribution in [0.2, 0.25) is 0 Å². The normalized spacial score (nSPS) is 19.8. The van der Waals surface area contributed by atoms with Gasteiger partial charge >= 0.3 is 0 Å². The van der Waals surface area contributed by atoms with Crippen molar-refractivity contribution < 1.29 is 4.74 Å². The number of imidazole rings is 1. The van der Waals surface area contributed by atoms with Crippen molar-refractivity contribution in [2.45, 2.75) is 31.9 Å². The van der Waals surface area contributed by atoms with Gasteiger partial charge in [-0.3, -0.25) is 4.99 Å². The van der Waals surface area contributed by atoms with Crippen LogP contribution in [0.15, 0.2) is 53.4 Å². The number of H-pyrrole nitrogens is 1. The molecule has 0 radical (unpaired) electrons. The highest BCUT2D eigenvalue weighted by Gasteiger charge is 2.23. The molecule has 2 aliphatic rings. The summed E-state index contributed by atoms with van der Waals surface area (Å²) < 4.78 is 5.75. The first-order valence-electron chi connectivity index (χ1n) is 9.91. The first kappa shape index (κ1) is 17.8. The summed E-state index contributed by atoms with van der Waals surface area (Å²) in [6, 6.07) is 8.05. The van der Waals surface area contributed by atoms with Gasteiger partial charge in [-0.2, -0.15) is 4.98 Å². The molecule has 2 aliphatic heterocycles. The zero-order valence-corrected chi connectivity index (χ0v) is 16.2. The molecular weight excluding hydrogens is 366 g/mol. The highest BCUT2D eigenvalue weighted by Crippen LogP contribution is 2.24. The summed E-state index contributed by atoms with van der Waals surface area (Å²) in [5, 5.41) is 6.64. The molecule has 0 saturated carbocycles. The van der Waals surface area contributed by atoms with Crippen molar-refractivity contribution in [3.8, 4) is 0 Å². The van der Waals surface area contributed by atoms with Gasteiger partial charge in [-0.15, -0.1) is 0 Å². The quantitative estimate of drug-likeness (QED) is 0.618. The molecule has 8 nitrogen and oxygen atoms in total. The summed E-state index contributed by atoms with van der Waals surface area (Å²) in [7, 11) is 0. The van der Waals surface area contributed by atoms with E-state index in [-0.39, 0.29) is 12.1 Å². The van der Waals surface area contributed by atoms with Crippen LogP contribution in [0.5, 0.6) is 0 Å². The van der Waals surface area contributed by atoms with Gasteiger partial charge in [-0.05, 0) is 55.2 Å². The Morgan fingerprint density at radius 3 is 3.10 bits per heavy atom. The molecule has 4 heterocycles. The molecule has 1 saturated heterocycles. The molecule has 3 aromatic rings. The van der Waals surface area contributed by atoms with Crippen LogP contribution in [0.25, 0.3) is 11.0 Å². The highest BCUT2D eigenvalue weighted by molar-refractivity contribution is 6.05. The van der Waals surface area contributed by atoms with E-state index in [1.165, 1.54) is 5.57 Å². The maximum absolute atomic E-state index is 5.75. The van der Waals surface area contributed by atoms with Crippen LogP contribution in [0.3, 0.4) is 0 Å². The molecular formula is C21H23N7O. The lowest BCUT2D eigenvalue weighted by Gasteiger charge is -2.15. The van der Waals surface area contributed by atoms with Gasteiger partial charge in [-0.1, -0.05) is 6.07 Å². The lowest BCUT2D eigenvalue weighted by Crippen LogP contribution is -2.13. The fourth-order valence-corrected chi connectivity index (χ4v) is 3.71. The third kappa shape index (κ3) is 3.84. The first-order chi connectivity index (χ1) is 14.2. The van der Waals surface area contributed by atoms with E-state index in [9.17, 15) is 0 Å². The Balaban J connectivity index is 1.26. The van der Waals surface area contributed by atoms with Crippen molar-refractivity contribution in [1.29, 1.82) is 0 Å². The number of benzene rings is 1. The number of nitrogens with one attached hydrogen (secondary N) is 3. The lowest BCUT2D eigenvalue weighted by molar-refractivity contribution is 0.136. The van der Waals surface area contributed by atoms with Crippen LogP contribution < -0.4 is 10.6 Å². The average Bonchev–Trinajstić information content (AvgIpc) is 3.48. The second kappa shape index (κ2) is 7.63. The molecule has 2 aromatic heterocycles. The van der Waals surface area contributed by atoms with Crippen molar-refractivity contribution in [1.82, 2.24) is 19.9 Å². The molecule has 29 heavy (non-hydrogen) atoms. The topological polar surface area (TPSA) is 100 Å². The zero-order chi connectivity index (χ0) is 19.6. The van der Waals surface area contributed by atoms with E-state index < -0.39 is 0 Å². The number of nitrogens with zero attached hydrogens (tertiary/aromatic N) is 4. The second-order valence-corrected chi connectivity index (χ2v) is 7.36. The van der Waals surface area contributed by atoms with Crippen LogP contribution >= 0.6 is 0 Å². The number of anilines is 2. The minimum absolute atomic E-state index is 0.0489. The number of hydrogen-bond acceptors (Lipinski definition) is 7. The third-order valence-electron chi connectivity index (χ3n) is 5.30. The summed E-state index contributed by atoms with van der Waals surface area (Å²) in [5.41, 5.74) is 4.34. The largest absolute Gasteiger partial charge is 0.374 e. The standard InChI is InChI=1S/C21H23N7O/c1-13(14-4-5-16-17(9-14)25-12-24-16)26-21-22-7-6-19(28-21)27-20-10-15(11-23-20)18-3-2-8-29-18/h4-7,9-10,12-13,18H,2-3,8,11H2,1H3,(H,24,25)(H2,22,23,26,27,28)/t13-,18?/m0/s1. The van der Waals surface area contributed by atoms with Gasteiger partial charge < -0.3 is 20.4 Å². The SMILES string of the molecule is C[C@H](Nc1nccc(NC2=NCC(C3CCCO3)=C2)n1)c1ccc2nc[nH]c2c1. The summed E-state index contributed by atoms with van der Waals surface area (Å²) in [6.45, 7) is 3.62. The fraction of sp³-hybridized carbons (Fsp3) is 0.333. The smallest absolute Gasteiger partial charge is 0.225 e. The molecule has 1 unspecified atom stereocenters. The number of amidine groups is 1. The van der Waals surface area contributed by atoms with Crippen LogP contribution in [0.4, 0.5) is 11.8 Å². The van der Waals surface area contributed by atoms with E-state index in [0.717, 1.165) is 41.9 Å². The number of hydrogen-bond donors (Lipinski definition) is 3. The molecule has 0 bridgehead atoms. The molecule has 3 N–H and O–H groups in total. The lowest BCUT2D eigenvalue weighted by atomic mass is 10.1. The average molecular weight is 389 g/mol. The fourth-order valence-electron chi connectivity index (χ4n) is 3.71. The Kier molecular flexibility index (Phi) is 4.69. The number of aromatic amines is 1. The molecule has 0 amide bonds. The Hall–Kier alpha value is -3.26. The summed E-state index contributed by atoms with van der Waals surface area (Å²) in [4.78, 5) is 20.9. The van der Waals surface area contributed by atoms with E-state index >= 15 is 0 Å². The molecule has 5 rings (SSSR count). The van der Waals surface area contributed by atoms with Gasteiger partial charge in [0.15, 0.2) is 0 Å². The zero-order valence-electron chi connectivity index (χ0n) is 16.2. The monoisotopic (exact) mass is 389 g/mol. The second-order valence-electron chi connectivity index (χ2n) is 7.36. The number of fused-ring (bicyclic) bond motifs is 1. The molecule has 0 spiro atoms. The number of aromatic nitrogens is 4. The van der Waals surface area contributed by atoms with Crippen molar-refractivity contribution >= 4 is 28.6 Å². The minimum atomic E-state index is 0.0489. The predicted octanol–water partition coefficient (Wildman–Crippen LogP) is 3.46. The predicted molar refractivity (Wildman–Crippen MR) is 113 cm³/mol. The number of rotatable bonds is 5. The molecule has 0 aliphatic carbocycles. The molecule has 1 fully saturated rings. The summed E-state index contributed by atoms with van der Waals surface area (Å²) >= 11 is 0. The van der Waals surface area contributed by atoms with Crippen molar-refractivity contribution in [2.24, 2.45) is 4.99 Å². The van der Waals surface area contributed by atoms with E-state index in [1.54, 1.807) is 12.5 Å². The van der Waals surface area contributed by atoms with Crippen LogP contribution in [0.1, 0.15) is 31.4 Å². The van der Waals surface area contributed by atoms with Crippen molar-refractivity contribution in [3.05, 3.63) is 54.0 Å². The Bertz CT molecular complexity index is 1080. The van der Waals surface area contributed by atoms with Crippen LogP contribution in [0, 0.1) is 0 Å². The number of ether oxygens (including phenoxy) is 1. The Labute approximate surface area is 168 Å². The molecule has 2 atom stereocenters. The maximum atomic E-state index is 5.75.